The van der Waals surface area contributed by atoms with E-state index in [0.717, 1.165) is 38.5 Å². The topological polar surface area (TPSA) is 75.1 Å². The van der Waals surface area contributed by atoms with Gasteiger partial charge in [0.2, 0.25) is 0 Å². The lowest BCUT2D eigenvalue weighted by Crippen LogP contribution is -2.39. The predicted octanol–water partition coefficient (Wildman–Crippen LogP) is 3.72. The number of nitrogens with one attached hydrogen (secondary N) is 2. The fraction of sp³-hybridized carbons (Fsp3) is 0.632. The van der Waals surface area contributed by atoms with Crippen LogP contribution in [0.3, 0.4) is 0 Å². The van der Waals surface area contributed by atoms with Crippen LogP contribution in [0.4, 0.5) is 0 Å². The van der Waals surface area contributed by atoms with E-state index in [-0.39, 0.29) is 36.0 Å². The molecular weight excluding hydrogens is 516 g/mol. The third kappa shape index (κ3) is 8.49. The molecule has 0 radical (unpaired) electrons. The zero-order valence-corrected chi connectivity index (χ0v) is 20.0. The summed E-state index contributed by atoms with van der Waals surface area (Å²) in [6.45, 7) is 6.28. The molecule has 6 nitrogen and oxygen atoms in total. The molecule has 1 aliphatic rings. The average molecular weight is 546 g/mol. The Morgan fingerprint density at radius 3 is 2.82 bits per heavy atom. The highest BCUT2D eigenvalue weighted by Crippen LogP contribution is 2.32. The number of hydrogen-bond acceptors (Lipinski definition) is 4. The van der Waals surface area contributed by atoms with Crippen molar-refractivity contribution in [2.75, 3.05) is 46.1 Å². The van der Waals surface area contributed by atoms with Gasteiger partial charge in [-0.1, -0.05) is 23.2 Å². The van der Waals surface area contributed by atoms with Crippen molar-refractivity contribution in [1.29, 1.82) is 0 Å². The molecule has 1 aromatic carbocycles. The van der Waals surface area contributed by atoms with Crippen LogP contribution in [0.2, 0.25) is 10.0 Å². The summed E-state index contributed by atoms with van der Waals surface area (Å²) in [5, 5.41) is 17.0. The predicted molar refractivity (Wildman–Crippen MR) is 126 cm³/mol. The lowest BCUT2D eigenvalue weighted by molar-refractivity contribution is 0.131. The Morgan fingerprint density at radius 1 is 1.36 bits per heavy atom. The molecule has 1 aromatic rings. The second-order valence-corrected chi connectivity index (χ2v) is 7.52. The SMILES string of the molecule is CCNC(=NCC1(CCO)CCOC1)NCCCOc1ccc(Cl)cc1Cl.I. The van der Waals surface area contributed by atoms with Crippen LogP contribution >= 0.6 is 47.2 Å². The van der Waals surface area contributed by atoms with E-state index in [9.17, 15) is 5.11 Å². The van der Waals surface area contributed by atoms with Crippen LogP contribution in [0.1, 0.15) is 26.2 Å². The van der Waals surface area contributed by atoms with Crippen molar-refractivity contribution >= 4 is 53.1 Å². The third-order valence-electron chi connectivity index (χ3n) is 4.51. The summed E-state index contributed by atoms with van der Waals surface area (Å²) >= 11 is 12.0. The molecule has 0 aliphatic carbocycles. The van der Waals surface area contributed by atoms with Crippen LogP contribution in [-0.4, -0.2) is 57.1 Å². The van der Waals surface area contributed by atoms with Crippen LogP contribution in [0.15, 0.2) is 23.2 Å². The van der Waals surface area contributed by atoms with E-state index in [0.29, 0.717) is 42.0 Å². The summed E-state index contributed by atoms with van der Waals surface area (Å²) in [6, 6.07) is 5.20. The maximum absolute atomic E-state index is 9.32. The maximum Gasteiger partial charge on any atom is 0.191 e. The Balaban J connectivity index is 0.00000392. The number of rotatable bonds is 10. The Bertz CT molecular complexity index is 614. The van der Waals surface area contributed by atoms with Crippen molar-refractivity contribution in [3.05, 3.63) is 28.2 Å². The summed E-state index contributed by atoms with van der Waals surface area (Å²) in [6.07, 6.45) is 2.45. The molecule has 0 spiro atoms. The molecular formula is C19H30Cl2IN3O3. The summed E-state index contributed by atoms with van der Waals surface area (Å²) in [7, 11) is 0. The highest BCUT2D eigenvalue weighted by atomic mass is 127. The first kappa shape index (κ1) is 25.6. The normalized spacial score (nSPS) is 19.2. The number of ether oxygens (including phenoxy) is 2. The van der Waals surface area contributed by atoms with Crippen LogP contribution in [-0.2, 0) is 4.74 Å². The first-order valence-electron chi connectivity index (χ1n) is 9.37. The molecule has 1 saturated heterocycles. The molecule has 1 unspecified atom stereocenters. The summed E-state index contributed by atoms with van der Waals surface area (Å²) < 4.78 is 11.2. The van der Waals surface area contributed by atoms with Gasteiger partial charge in [-0.3, -0.25) is 4.99 Å². The van der Waals surface area contributed by atoms with E-state index in [4.69, 9.17) is 37.7 Å². The molecule has 0 aromatic heterocycles. The fourth-order valence-electron chi connectivity index (χ4n) is 2.93. The van der Waals surface area contributed by atoms with Crippen molar-refractivity contribution in [3.8, 4) is 5.75 Å². The van der Waals surface area contributed by atoms with E-state index in [1.807, 2.05) is 6.92 Å². The van der Waals surface area contributed by atoms with Gasteiger partial charge in [-0.2, -0.15) is 0 Å². The zero-order chi connectivity index (χ0) is 19.5. The molecule has 3 N–H and O–H groups in total. The van der Waals surface area contributed by atoms with Crippen molar-refractivity contribution in [2.24, 2.45) is 10.4 Å². The van der Waals surface area contributed by atoms with Crippen molar-refractivity contribution in [2.45, 2.75) is 26.2 Å². The molecule has 1 atom stereocenters. The minimum Gasteiger partial charge on any atom is -0.492 e. The minimum absolute atomic E-state index is 0. The van der Waals surface area contributed by atoms with E-state index in [1.54, 1.807) is 18.2 Å². The van der Waals surface area contributed by atoms with Gasteiger partial charge in [0.05, 0.1) is 24.8 Å². The largest absolute Gasteiger partial charge is 0.492 e. The van der Waals surface area contributed by atoms with Crippen molar-refractivity contribution in [3.63, 3.8) is 0 Å². The number of halogens is 3. The van der Waals surface area contributed by atoms with Gasteiger partial charge in [0.1, 0.15) is 5.75 Å². The van der Waals surface area contributed by atoms with Crippen LogP contribution in [0, 0.1) is 5.41 Å². The highest BCUT2D eigenvalue weighted by molar-refractivity contribution is 14.0. The molecule has 1 fully saturated rings. The maximum atomic E-state index is 9.32. The molecule has 160 valence electrons. The quantitative estimate of drug-likeness (QED) is 0.181. The minimum atomic E-state index is -0.0501. The van der Waals surface area contributed by atoms with Crippen molar-refractivity contribution < 1.29 is 14.6 Å². The van der Waals surface area contributed by atoms with E-state index < -0.39 is 0 Å². The molecule has 1 aliphatic heterocycles. The number of hydrogen-bond donors (Lipinski definition) is 3. The van der Waals surface area contributed by atoms with Gasteiger partial charge in [0.15, 0.2) is 5.96 Å². The van der Waals surface area contributed by atoms with Gasteiger partial charge in [-0.05, 0) is 44.4 Å². The first-order chi connectivity index (χ1) is 13.1. The molecule has 1 heterocycles. The Morgan fingerprint density at radius 2 is 2.18 bits per heavy atom. The lowest BCUT2D eigenvalue weighted by Gasteiger charge is -2.24. The second kappa shape index (κ2) is 13.7. The zero-order valence-electron chi connectivity index (χ0n) is 16.2. The van der Waals surface area contributed by atoms with Gasteiger partial charge in [0.25, 0.3) is 0 Å². The van der Waals surface area contributed by atoms with Gasteiger partial charge in [-0.25, -0.2) is 0 Å². The summed E-state index contributed by atoms with van der Waals surface area (Å²) in [5.41, 5.74) is -0.0501. The third-order valence-corrected chi connectivity index (χ3v) is 5.04. The summed E-state index contributed by atoms with van der Waals surface area (Å²) in [5.74, 6) is 1.40. The first-order valence-corrected chi connectivity index (χ1v) is 10.1. The Labute approximate surface area is 194 Å². The van der Waals surface area contributed by atoms with Crippen LogP contribution < -0.4 is 15.4 Å². The van der Waals surface area contributed by atoms with E-state index in [2.05, 4.69) is 10.6 Å². The summed E-state index contributed by atoms with van der Waals surface area (Å²) in [4.78, 5) is 4.69. The second-order valence-electron chi connectivity index (χ2n) is 6.67. The molecule has 0 bridgehead atoms. The van der Waals surface area contributed by atoms with E-state index in [1.165, 1.54) is 0 Å². The highest BCUT2D eigenvalue weighted by Gasteiger charge is 2.34. The van der Waals surface area contributed by atoms with Gasteiger partial charge in [0, 0.05) is 36.7 Å². The van der Waals surface area contributed by atoms with E-state index >= 15 is 0 Å². The standard InChI is InChI=1S/C19H29Cl2N3O3.HI/c1-2-22-18(24-13-19(6-9-25)7-11-26-14-19)23-8-3-10-27-17-5-4-15(20)12-16(17)21;/h4-5,12,25H,2-3,6-11,13-14H2,1H3,(H2,22,23,24);1H. The molecule has 9 heteroatoms. The van der Waals surface area contributed by atoms with Gasteiger partial charge < -0.3 is 25.2 Å². The molecule has 0 saturated carbocycles. The number of aliphatic imine (C=N–C) groups is 1. The molecule has 2 rings (SSSR count). The van der Waals surface area contributed by atoms with Crippen LogP contribution in [0.5, 0.6) is 5.75 Å². The van der Waals surface area contributed by atoms with Crippen molar-refractivity contribution in [1.82, 2.24) is 10.6 Å². The Hall–Kier alpha value is -0.480. The number of benzene rings is 1. The van der Waals surface area contributed by atoms with Crippen LogP contribution in [0.25, 0.3) is 0 Å². The smallest absolute Gasteiger partial charge is 0.191 e. The monoisotopic (exact) mass is 545 g/mol. The Kier molecular flexibility index (Phi) is 12.5. The number of aliphatic hydroxyl groups is 1. The number of guanidine groups is 1. The molecule has 0 amide bonds. The average Bonchev–Trinajstić information content (AvgIpc) is 3.10. The number of nitrogens with zero attached hydrogens (tertiary/aromatic N) is 1. The molecule has 28 heavy (non-hydrogen) atoms. The fourth-order valence-corrected chi connectivity index (χ4v) is 3.39. The van der Waals surface area contributed by atoms with Gasteiger partial charge in [-0.15, -0.1) is 24.0 Å². The van der Waals surface area contributed by atoms with Gasteiger partial charge >= 0.3 is 0 Å². The lowest BCUT2D eigenvalue weighted by atomic mass is 9.84. The number of aliphatic hydroxyl groups excluding tert-OH is 1.